The molecule has 0 bridgehead atoms. The van der Waals surface area contributed by atoms with Crippen molar-refractivity contribution in [3.63, 3.8) is 0 Å². The Morgan fingerprint density at radius 2 is 1.68 bits per heavy atom. The van der Waals surface area contributed by atoms with Crippen LogP contribution in [0.2, 0.25) is 0 Å². The van der Waals surface area contributed by atoms with Gasteiger partial charge >= 0.3 is 0 Å². The highest BCUT2D eigenvalue weighted by molar-refractivity contribution is 5.88. The smallest absolute Gasteiger partial charge is 0.140 e. The van der Waals surface area contributed by atoms with Crippen molar-refractivity contribution in [2.75, 3.05) is 11.5 Å². The number of hydrogen-bond donors (Lipinski definition) is 2. The molecule has 0 fully saturated rings. The first-order valence-corrected chi connectivity index (χ1v) is 6.07. The zero-order chi connectivity index (χ0) is 13.2. The fourth-order valence-electron chi connectivity index (χ4n) is 2.02. The molecule has 0 atom stereocenters. The van der Waals surface area contributed by atoms with Gasteiger partial charge in [0.2, 0.25) is 0 Å². The minimum absolute atomic E-state index is 0.509. The number of aromatic nitrogens is 1. The van der Waals surface area contributed by atoms with Gasteiger partial charge in [0, 0.05) is 11.6 Å². The molecule has 19 heavy (non-hydrogen) atoms. The van der Waals surface area contributed by atoms with E-state index in [2.05, 4.69) is 0 Å². The van der Waals surface area contributed by atoms with Crippen molar-refractivity contribution in [1.82, 2.24) is 4.73 Å². The number of fused-ring (bicyclic) bond motifs is 1. The van der Waals surface area contributed by atoms with Crippen LogP contribution in [0.1, 0.15) is 5.56 Å². The van der Waals surface area contributed by atoms with Gasteiger partial charge in [-0.3, -0.25) is 0 Å². The van der Waals surface area contributed by atoms with Gasteiger partial charge in [0.1, 0.15) is 6.61 Å². The van der Waals surface area contributed by atoms with Gasteiger partial charge in [-0.2, -0.15) is 4.73 Å². The summed E-state index contributed by atoms with van der Waals surface area (Å²) >= 11 is 0. The van der Waals surface area contributed by atoms with Gasteiger partial charge in [-0.05, 0) is 23.8 Å². The average molecular weight is 253 g/mol. The molecule has 0 amide bonds. The van der Waals surface area contributed by atoms with Crippen LogP contribution in [-0.2, 0) is 6.61 Å². The number of anilines is 2. The van der Waals surface area contributed by atoms with Crippen molar-refractivity contribution in [3.8, 4) is 0 Å². The Hall–Kier alpha value is -2.62. The molecular weight excluding hydrogens is 238 g/mol. The number of nitrogens with two attached hydrogens (primary N) is 2. The van der Waals surface area contributed by atoms with E-state index in [0.717, 1.165) is 16.5 Å². The minimum atomic E-state index is 0.509. The van der Waals surface area contributed by atoms with Crippen LogP contribution >= 0.6 is 0 Å². The van der Waals surface area contributed by atoms with Crippen LogP contribution in [0.3, 0.4) is 0 Å². The maximum Gasteiger partial charge on any atom is 0.140 e. The Morgan fingerprint density at radius 1 is 0.947 bits per heavy atom. The monoisotopic (exact) mass is 253 g/mol. The third kappa shape index (κ3) is 2.20. The molecule has 0 unspecified atom stereocenters. The number of nitrogen functional groups attached to an aromatic ring is 2. The summed E-state index contributed by atoms with van der Waals surface area (Å²) in [5, 5.41) is 1.01. The molecule has 3 aromatic rings. The van der Waals surface area contributed by atoms with Gasteiger partial charge in [0.25, 0.3) is 0 Å². The van der Waals surface area contributed by atoms with Crippen LogP contribution in [-0.4, -0.2) is 4.73 Å². The van der Waals surface area contributed by atoms with Crippen LogP contribution in [0, 0.1) is 0 Å². The molecule has 0 aliphatic rings. The fourth-order valence-corrected chi connectivity index (χ4v) is 2.02. The van der Waals surface area contributed by atoms with Gasteiger partial charge < -0.3 is 16.3 Å². The lowest BCUT2D eigenvalue weighted by atomic mass is 10.2. The van der Waals surface area contributed by atoms with Crippen molar-refractivity contribution >= 4 is 22.3 Å². The van der Waals surface area contributed by atoms with E-state index in [-0.39, 0.29) is 0 Å². The maximum atomic E-state index is 5.83. The first kappa shape index (κ1) is 11.5. The predicted octanol–water partition coefficient (Wildman–Crippen LogP) is 2.43. The van der Waals surface area contributed by atoms with Gasteiger partial charge in [-0.25, -0.2) is 0 Å². The minimum Gasteiger partial charge on any atom is -0.409 e. The summed E-state index contributed by atoms with van der Waals surface area (Å²) < 4.78 is 1.72. The van der Waals surface area contributed by atoms with E-state index in [1.807, 2.05) is 54.7 Å². The summed E-state index contributed by atoms with van der Waals surface area (Å²) in [6.45, 7) is 0.509. The lowest BCUT2D eigenvalue weighted by Crippen LogP contribution is -2.09. The molecule has 0 spiro atoms. The summed E-state index contributed by atoms with van der Waals surface area (Å²) in [5.41, 5.74) is 14.8. The zero-order valence-electron chi connectivity index (χ0n) is 10.4. The molecule has 1 aromatic heterocycles. The maximum absolute atomic E-state index is 5.83. The Labute approximate surface area is 111 Å². The second kappa shape index (κ2) is 4.57. The van der Waals surface area contributed by atoms with Gasteiger partial charge in [-0.1, -0.05) is 30.3 Å². The molecule has 1 heterocycles. The summed E-state index contributed by atoms with van der Waals surface area (Å²) in [6.07, 6.45) is 1.87. The van der Waals surface area contributed by atoms with Crippen molar-refractivity contribution in [1.29, 1.82) is 0 Å². The Balaban J connectivity index is 1.87. The van der Waals surface area contributed by atoms with E-state index in [1.165, 1.54) is 0 Å². The van der Waals surface area contributed by atoms with Gasteiger partial charge in [-0.15, -0.1) is 0 Å². The van der Waals surface area contributed by atoms with Crippen LogP contribution in [0.5, 0.6) is 0 Å². The van der Waals surface area contributed by atoms with Crippen LogP contribution in [0.4, 0.5) is 11.4 Å². The van der Waals surface area contributed by atoms with E-state index < -0.39 is 0 Å². The molecule has 0 aliphatic heterocycles. The van der Waals surface area contributed by atoms with Gasteiger partial charge in [0.15, 0.2) is 0 Å². The highest BCUT2D eigenvalue weighted by atomic mass is 16.7. The topological polar surface area (TPSA) is 66.2 Å². The Bertz CT molecular complexity index is 704. The SMILES string of the molecule is Nc1cc2ccn(OCc3ccccc3)c2cc1N. The van der Waals surface area contributed by atoms with Crippen molar-refractivity contribution in [2.24, 2.45) is 0 Å². The Kier molecular flexibility index (Phi) is 2.76. The summed E-state index contributed by atoms with van der Waals surface area (Å²) in [4.78, 5) is 5.76. The third-order valence-electron chi connectivity index (χ3n) is 3.07. The normalized spacial score (nSPS) is 10.7. The zero-order valence-corrected chi connectivity index (χ0v) is 10.4. The number of hydrogen-bond acceptors (Lipinski definition) is 3. The van der Waals surface area contributed by atoms with Crippen molar-refractivity contribution in [2.45, 2.75) is 6.61 Å². The molecule has 0 saturated heterocycles. The van der Waals surface area contributed by atoms with Crippen LogP contribution in [0.15, 0.2) is 54.7 Å². The van der Waals surface area contributed by atoms with Crippen LogP contribution < -0.4 is 16.3 Å². The second-order valence-corrected chi connectivity index (χ2v) is 4.44. The quantitative estimate of drug-likeness (QED) is 0.704. The molecule has 0 radical (unpaired) electrons. The summed E-state index contributed by atoms with van der Waals surface area (Å²) in [5.74, 6) is 0. The summed E-state index contributed by atoms with van der Waals surface area (Å²) in [6, 6.07) is 15.7. The first-order valence-electron chi connectivity index (χ1n) is 6.07. The molecule has 2 aromatic carbocycles. The number of rotatable bonds is 3. The van der Waals surface area contributed by atoms with Crippen molar-refractivity contribution in [3.05, 3.63) is 60.3 Å². The van der Waals surface area contributed by atoms with Crippen molar-refractivity contribution < 1.29 is 4.84 Å². The molecule has 0 aliphatic carbocycles. The van der Waals surface area contributed by atoms with E-state index in [9.17, 15) is 0 Å². The number of benzene rings is 2. The number of nitrogens with zero attached hydrogens (tertiary/aromatic N) is 1. The summed E-state index contributed by atoms with van der Waals surface area (Å²) in [7, 11) is 0. The lowest BCUT2D eigenvalue weighted by Gasteiger charge is -2.09. The molecule has 3 rings (SSSR count). The lowest BCUT2D eigenvalue weighted by molar-refractivity contribution is 0.107. The first-order chi connectivity index (χ1) is 9.24. The molecule has 4 N–H and O–H groups in total. The average Bonchev–Trinajstić information content (AvgIpc) is 2.80. The molecule has 4 heteroatoms. The largest absolute Gasteiger partial charge is 0.409 e. The highest BCUT2D eigenvalue weighted by Crippen LogP contribution is 2.24. The molecular formula is C15H15N3O. The second-order valence-electron chi connectivity index (χ2n) is 4.44. The molecule has 0 saturated carbocycles. The van der Waals surface area contributed by atoms with E-state index in [0.29, 0.717) is 18.0 Å². The fraction of sp³-hybridized carbons (Fsp3) is 0.0667. The molecule has 4 nitrogen and oxygen atoms in total. The standard InChI is InChI=1S/C15H15N3O/c16-13-8-12-6-7-18(15(12)9-14(13)17)19-10-11-4-2-1-3-5-11/h1-9H,10,16-17H2. The highest BCUT2D eigenvalue weighted by Gasteiger charge is 2.05. The van der Waals surface area contributed by atoms with Crippen LogP contribution in [0.25, 0.3) is 10.9 Å². The van der Waals surface area contributed by atoms with E-state index in [1.54, 1.807) is 4.73 Å². The third-order valence-corrected chi connectivity index (χ3v) is 3.07. The van der Waals surface area contributed by atoms with E-state index >= 15 is 0 Å². The van der Waals surface area contributed by atoms with E-state index in [4.69, 9.17) is 16.3 Å². The molecule has 96 valence electrons. The predicted molar refractivity (Wildman–Crippen MR) is 77.5 cm³/mol. The Morgan fingerprint density at radius 3 is 2.47 bits per heavy atom. The van der Waals surface area contributed by atoms with Gasteiger partial charge in [0.05, 0.1) is 16.9 Å².